The predicted octanol–water partition coefficient (Wildman–Crippen LogP) is 2.99. The quantitative estimate of drug-likeness (QED) is 0.491. The lowest BCUT2D eigenvalue weighted by atomic mass is 10.1. The summed E-state index contributed by atoms with van der Waals surface area (Å²) in [5.74, 6) is -1.07. The van der Waals surface area contributed by atoms with E-state index < -0.39 is 28.5 Å². The summed E-state index contributed by atoms with van der Waals surface area (Å²) in [6, 6.07) is 14.4. The van der Waals surface area contributed by atoms with Crippen LogP contribution in [0.25, 0.3) is 0 Å². The Morgan fingerprint density at radius 2 is 1.65 bits per heavy atom. The third-order valence-corrected chi connectivity index (χ3v) is 6.72. The molecule has 0 saturated carbocycles. The van der Waals surface area contributed by atoms with Crippen molar-refractivity contribution >= 4 is 33.3 Å². The van der Waals surface area contributed by atoms with E-state index in [1.54, 1.807) is 19.1 Å². The number of carbonyl (C=O) groups excluding carboxylic acids is 3. The number of sulfonamides is 1. The zero-order valence-corrected chi connectivity index (χ0v) is 21.1. The number of Topliss-reactive ketones (excluding diaryl/α,β-unsaturated/α-hetero) is 1. The first-order chi connectivity index (χ1) is 15.9. The van der Waals surface area contributed by atoms with Gasteiger partial charge in [-0.15, -0.1) is 0 Å². The van der Waals surface area contributed by atoms with Crippen molar-refractivity contribution in [3.05, 3.63) is 65.7 Å². The van der Waals surface area contributed by atoms with Crippen molar-refractivity contribution in [3.8, 4) is 0 Å². The second-order valence-corrected chi connectivity index (χ2v) is 10.3. The molecule has 9 heteroatoms. The highest BCUT2D eigenvalue weighted by Gasteiger charge is 2.30. The van der Waals surface area contributed by atoms with Crippen LogP contribution in [-0.4, -0.2) is 55.8 Å². The zero-order chi connectivity index (χ0) is 25.5. The number of hydrogen-bond donors (Lipinski definition) is 1. The lowest BCUT2D eigenvalue weighted by molar-refractivity contribution is -0.139. The number of amides is 2. The predicted molar refractivity (Wildman–Crippen MR) is 133 cm³/mol. The molecule has 1 N–H and O–H groups in total. The third-order valence-electron chi connectivity index (χ3n) is 5.58. The van der Waals surface area contributed by atoms with Crippen molar-refractivity contribution < 1.29 is 22.8 Å². The van der Waals surface area contributed by atoms with Crippen molar-refractivity contribution in [2.75, 3.05) is 17.1 Å². The molecule has 34 heavy (non-hydrogen) atoms. The fourth-order valence-corrected chi connectivity index (χ4v) is 4.16. The van der Waals surface area contributed by atoms with Crippen molar-refractivity contribution in [2.45, 2.75) is 52.7 Å². The minimum absolute atomic E-state index is 0.0644. The maximum absolute atomic E-state index is 13.5. The van der Waals surface area contributed by atoms with Gasteiger partial charge in [0, 0.05) is 18.2 Å². The monoisotopic (exact) mass is 487 g/mol. The van der Waals surface area contributed by atoms with Crippen molar-refractivity contribution in [2.24, 2.45) is 0 Å². The first kappa shape index (κ1) is 27.0. The second kappa shape index (κ2) is 11.8. The van der Waals surface area contributed by atoms with Crippen LogP contribution in [0.1, 0.15) is 50.0 Å². The topological polar surface area (TPSA) is 104 Å². The van der Waals surface area contributed by atoms with E-state index in [0.29, 0.717) is 5.56 Å². The number of anilines is 1. The molecule has 184 valence electrons. The third kappa shape index (κ3) is 7.41. The van der Waals surface area contributed by atoms with Crippen LogP contribution >= 0.6 is 0 Å². The molecule has 0 aliphatic rings. The van der Waals surface area contributed by atoms with E-state index in [1.807, 2.05) is 44.2 Å². The van der Waals surface area contributed by atoms with Gasteiger partial charge in [-0.05, 0) is 44.9 Å². The number of nitrogens with one attached hydrogen (secondary N) is 1. The Morgan fingerprint density at radius 3 is 2.21 bits per heavy atom. The SMILES string of the molecule is CC[C@H](C)NC(=O)[C@@H](C)N(Cc1ccccc1)C(=O)CN(c1cccc(C(C)=O)c1)S(C)(=O)=O. The van der Waals surface area contributed by atoms with Crippen LogP contribution in [0, 0.1) is 0 Å². The van der Waals surface area contributed by atoms with Gasteiger partial charge in [0.1, 0.15) is 12.6 Å². The van der Waals surface area contributed by atoms with Crippen LogP contribution in [0.5, 0.6) is 0 Å². The van der Waals surface area contributed by atoms with Gasteiger partial charge in [-0.3, -0.25) is 18.7 Å². The molecule has 2 amide bonds. The van der Waals surface area contributed by atoms with Gasteiger partial charge in [0.25, 0.3) is 0 Å². The summed E-state index contributed by atoms with van der Waals surface area (Å²) in [5.41, 5.74) is 1.35. The minimum atomic E-state index is -3.86. The van der Waals surface area contributed by atoms with Crippen LogP contribution in [0.2, 0.25) is 0 Å². The van der Waals surface area contributed by atoms with Gasteiger partial charge in [0.2, 0.25) is 21.8 Å². The smallest absolute Gasteiger partial charge is 0.244 e. The molecule has 2 rings (SSSR count). The molecule has 0 heterocycles. The molecule has 0 unspecified atom stereocenters. The summed E-state index contributed by atoms with van der Waals surface area (Å²) < 4.78 is 26.2. The minimum Gasteiger partial charge on any atom is -0.352 e. The molecule has 2 aromatic rings. The fraction of sp³-hybridized carbons (Fsp3) is 0.400. The lowest BCUT2D eigenvalue weighted by Crippen LogP contribution is -2.52. The average Bonchev–Trinajstić information content (AvgIpc) is 2.80. The van der Waals surface area contributed by atoms with Crippen LogP contribution < -0.4 is 9.62 Å². The van der Waals surface area contributed by atoms with Crippen LogP contribution in [0.15, 0.2) is 54.6 Å². The zero-order valence-electron chi connectivity index (χ0n) is 20.3. The maximum Gasteiger partial charge on any atom is 0.244 e. The number of carbonyl (C=O) groups is 3. The molecule has 0 aliphatic heterocycles. The van der Waals surface area contributed by atoms with E-state index in [4.69, 9.17) is 0 Å². The van der Waals surface area contributed by atoms with Gasteiger partial charge >= 0.3 is 0 Å². The summed E-state index contributed by atoms with van der Waals surface area (Å²) in [6.45, 7) is 6.46. The van der Waals surface area contributed by atoms with Crippen LogP contribution in [-0.2, 0) is 26.2 Å². The molecule has 0 saturated heterocycles. The molecule has 0 radical (unpaired) electrons. The van der Waals surface area contributed by atoms with E-state index in [-0.39, 0.29) is 30.0 Å². The van der Waals surface area contributed by atoms with E-state index >= 15 is 0 Å². The Kier molecular flexibility index (Phi) is 9.37. The molecule has 0 aliphatic carbocycles. The summed E-state index contributed by atoms with van der Waals surface area (Å²) >= 11 is 0. The molecule has 0 fully saturated rings. The fourth-order valence-electron chi connectivity index (χ4n) is 3.32. The molecule has 0 aromatic heterocycles. The van der Waals surface area contributed by atoms with Crippen molar-refractivity contribution in [1.29, 1.82) is 0 Å². The highest BCUT2D eigenvalue weighted by molar-refractivity contribution is 7.92. The van der Waals surface area contributed by atoms with E-state index in [0.717, 1.165) is 22.5 Å². The molecule has 2 aromatic carbocycles. The van der Waals surface area contributed by atoms with E-state index in [2.05, 4.69) is 5.32 Å². The first-order valence-corrected chi connectivity index (χ1v) is 13.0. The van der Waals surface area contributed by atoms with E-state index in [9.17, 15) is 22.8 Å². The molecule has 2 atom stereocenters. The average molecular weight is 488 g/mol. The van der Waals surface area contributed by atoms with Crippen LogP contribution in [0.3, 0.4) is 0 Å². The number of ketones is 1. The Labute approximate surface area is 202 Å². The Bertz CT molecular complexity index is 1120. The van der Waals surface area contributed by atoms with Crippen LogP contribution in [0.4, 0.5) is 5.69 Å². The second-order valence-electron chi connectivity index (χ2n) is 8.38. The largest absolute Gasteiger partial charge is 0.352 e. The van der Waals surface area contributed by atoms with Crippen molar-refractivity contribution in [1.82, 2.24) is 10.2 Å². The first-order valence-electron chi connectivity index (χ1n) is 11.2. The number of nitrogens with zero attached hydrogens (tertiary/aromatic N) is 2. The lowest BCUT2D eigenvalue weighted by Gasteiger charge is -2.32. The van der Waals surface area contributed by atoms with E-state index in [1.165, 1.54) is 24.0 Å². The van der Waals surface area contributed by atoms with Crippen molar-refractivity contribution in [3.63, 3.8) is 0 Å². The summed E-state index contributed by atoms with van der Waals surface area (Å²) in [5, 5.41) is 2.88. The molecule has 0 bridgehead atoms. The summed E-state index contributed by atoms with van der Waals surface area (Å²) in [4.78, 5) is 39.5. The molecule has 0 spiro atoms. The highest BCUT2D eigenvalue weighted by Crippen LogP contribution is 2.21. The molecule has 8 nitrogen and oxygen atoms in total. The summed E-state index contributed by atoms with van der Waals surface area (Å²) in [7, 11) is -3.86. The Morgan fingerprint density at radius 1 is 1.00 bits per heavy atom. The normalized spacial score (nSPS) is 13.0. The van der Waals surface area contributed by atoms with Gasteiger partial charge in [0.05, 0.1) is 11.9 Å². The highest BCUT2D eigenvalue weighted by atomic mass is 32.2. The number of benzene rings is 2. The van der Waals surface area contributed by atoms with Gasteiger partial charge in [0.15, 0.2) is 5.78 Å². The summed E-state index contributed by atoms with van der Waals surface area (Å²) in [6.07, 6.45) is 1.74. The number of hydrogen-bond acceptors (Lipinski definition) is 5. The standard InChI is InChI=1S/C25H33N3O5S/c1-6-18(2)26-25(31)19(3)27(16-21-11-8-7-9-12-21)24(30)17-28(34(5,32)33)23-14-10-13-22(15-23)20(4)29/h7-15,18-19H,6,16-17H2,1-5H3,(H,26,31)/t18-,19+/m0/s1. The maximum atomic E-state index is 13.5. The Hall–Kier alpha value is -3.20. The molecular weight excluding hydrogens is 454 g/mol. The number of rotatable bonds is 11. The molecular formula is C25H33N3O5S. The van der Waals surface area contributed by atoms with Gasteiger partial charge in [-0.1, -0.05) is 49.4 Å². The Balaban J connectivity index is 2.40. The van der Waals surface area contributed by atoms with Gasteiger partial charge in [-0.25, -0.2) is 8.42 Å². The van der Waals surface area contributed by atoms with Gasteiger partial charge in [-0.2, -0.15) is 0 Å². The van der Waals surface area contributed by atoms with Gasteiger partial charge < -0.3 is 10.2 Å².